The lowest BCUT2D eigenvalue weighted by Gasteiger charge is -2.29. The van der Waals surface area contributed by atoms with Crippen molar-refractivity contribution in [1.82, 2.24) is 5.32 Å². The molecule has 4 heteroatoms. The number of aryl methyl sites for hydroxylation is 1. The molecule has 17 heavy (non-hydrogen) atoms. The van der Waals surface area contributed by atoms with E-state index in [0.717, 1.165) is 35.0 Å². The smallest absolute Gasteiger partial charge is 0.262 e. The lowest BCUT2D eigenvalue weighted by atomic mass is 9.95. The first-order valence-corrected chi connectivity index (χ1v) is 8.01. The molecule has 0 spiro atoms. The highest BCUT2D eigenvalue weighted by Crippen LogP contribution is 2.21. The monoisotopic (exact) mass is 317 g/mol. The molecule has 0 saturated heterocycles. The molecular formula is C13H20BrNOS. The molecule has 0 aliphatic carbocycles. The summed E-state index contributed by atoms with van der Waals surface area (Å²) in [5, 5.41) is 6.06. The Morgan fingerprint density at radius 2 is 2.24 bits per heavy atom. The number of thiophene rings is 1. The Kier molecular flexibility index (Phi) is 5.67. The van der Waals surface area contributed by atoms with Gasteiger partial charge in [-0.15, -0.1) is 11.3 Å². The maximum Gasteiger partial charge on any atom is 0.262 e. The molecule has 0 fully saturated rings. The van der Waals surface area contributed by atoms with Gasteiger partial charge in [0.25, 0.3) is 5.91 Å². The Balaban J connectivity index is 2.77. The van der Waals surface area contributed by atoms with Crippen LogP contribution in [-0.2, 0) is 6.42 Å². The van der Waals surface area contributed by atoms with Gasteiger partial charge < -0.3 is 5.32 Å². The summed E-state index contributed by atoms with van der Waals surface area (Å²) in [6, 6.07) is 2.04. The second kappa shape index (κ2) is 6.55. The normalized spacial score (nSPS) is 14.4. The summed E-state index contributed by atoms with van der Waals surface area (Å²) in [7, 11) is 0. The first-order chi connectivity index (χ1) is 8.06. The van der Waals surface area contributed by atoms with E-state index in [-0.39, 0.29) is 11.4 Å². The van der Waals surface area contributed by atoms with Crippen LogP contribution in [-0.4, -0.2) is 16.8 Å². The van der Waals surface area contributed by atoms with Gasteiger partial charge in [0.05, 0.1) is 4.88 Å². The van der Waals surface area contributed by atoms with Crippen molar-refractivity contribution >= 4 is 33.2 Å². The lowest BCUT2D eigenvalue weighted by molar-refractivity contribution is 0.0905. The minimum absolute atomic E-state index is 0.0714. The van der Waals surface area contributed by atoms with Crippen LogP contribution in [0.15, 0.2) is 11.4 Å². The maximum absolute atomic E-state index is 12.2. The zero-order valence-corrected chi connectivity index (χ0v) is 13.1. The molecule has 1 heterocycles. The van der Waals surface area contributed by atoms with Crippen molar-refractivity contribution in [3.8, 4) is 0 Å². The number of amides is 1. The van der Waals surface area contributed by atoms with E-state index in [1.807, 2.05) is 11.4 Å². The largest absolute Gasteiger partial charge is 0.346 e. The highest BCUT2D eigenvalue weighted by Gasteiger charge is 2.25. The summed E-state index contributed by atoms with van der Waals surface area (Å²) >= 11 is 4.97. The van der Waals surface area contributed by atoms with Crippen LogP contribution in [0.4, 0.5) is 0 Å². The molecule has 0 aliphatic rings. The van der Waals surface area contributed by atoms with Crippen molar-refractivity contribution in [2.24, 2.45) is 0 Å². The standard InChI is InChI=1S/C13H20BrNOS/c1-4-10-6-9-17-11(10)12(16)15-13(3,5-2)7-8-14/h6,9H,4-5,7-8H2,1-3H3,(H,15,16). The van der Waals surface area contributed by atoms with Crippen molar-refractivity contribution in [2.75, 3.05) is 5.33 Å². The summed E-state index contributed by atoms with van der Waals surface area (Å²) in [6.07, 6.45) is 2.80. The SMILES string of the molecule is CCc1ccsc1C(=O)NC(C)(CC)CCBr. The Hall–Kier alpha value is -0.350. The molecule has 0 saturated carbocycles. The van der Waals surface area contributed by atoms with Gasteiger partial charge in [-0.1, -0.05) is 29.8 Å². The fourth-order valence-electron chi connectivity index (χ4n) is 1.68. The minimum Gasteiger partial charge on any atom is -0.346 e. The first-order valence-electron chi connectivity index (χ1n) is 6.01. The number of halogens is 1. The Morgan fingerprint density at radius 1 is 1.53 bits per heavy atom. The van der Waals surface area contributed by atoms with E-state index in [9.17, 15) is 4.79 Å². The van der Waals surface area contributed by atoms with Crippen LogP contribution < -0.4 is 5.32 Å². The van der Waals surface area contributed by atoms with Crippen LogP contribution >= 0.6 is 27.3 Å². The lowest BCUT2D eigenvalue weighted by Crippen LogP contribution is -2.45. The number of hydrogen-bond donors (Lipinski definition) is 1. The Bertz CT molecular complexity index is 377. The van der Waals surface area contributed by atoms with Crippen molar-refractivity contribution in [3.05, 3.63) is 21.9 Å². The third-order valence-electron chi connectivity index (χ3n) is 3.18. The van der Waals surface area contributed by atoms with Crippen LogP contribution in [0.1, 0.15) is 48.8 Å². The Morgan fingerprint density at radius 3 is 2.76 bits per heavy atom. The van der Waals surface area contributed by atoms with Crippen molar-refractivity contribution < 1.29 is 4.79 Å². The van der Waals surface area contributed by atoms with Gasteiger partial charge in [0.15, 0.2) is 0 Å². The van der Waals surface area contributed by atoms with Crippen LogP contribution in [0.25, 0.3) is 0 Å². The van der Waals surface area contributed by atoms with Crippen molar-refractivity contribution in [2.45, 2.75) is 45.6 Å². The molecule has 1 aromatic heterocycles. The molecule has 0 aromatic carbocycles. The van der Waals surface area contributed by atoms with Gasteiger partial charge in [-0.05, 0) is 43.2 Å². The van der Waals surface area contributed by atoms with E-state index < -0.39 is 0 Å². The fourth-order valence-corrected chi connectivity index (χ4v) is 3.45. The van der Waals surface area contributed by atoms with Gasteiger partial charge >= 0.3 is 0 Å². The maximum atomic E-state index is 12.2. The summed E-state index contributed by atoms with van der Waals surface area (Å²) < 4.78 is 0. The molecular weight excluding hydrogens is 298 g/mol. The average molecular weight is 318 g/mol. The zero-order valence-electron chi connectivity index (χ0n) is 10.7. The van der Waals surface area contributed by atoms with Gasteiger partial charge in [0.2, 0.25) is 0 Å². The number of carbonyl (C=O) groups is 1. The van der Waals surface area contributed by atoms with E-state index in [1.54, 1.807) is 0 Å². The van der Waals surface area contributed by atoms with Crippen LogP contribution in [0.5, 0.6) is 0 Å². The van der Waals surface area contributed by atoms with Gasteiger partial charge in [0, 0.05) is 10.9 Å². The van der Waals surface area contributed by atoms with Crippen LogP contribution in [0.3, 0.4) is 0 Å². The third-order valence-corrected chi connectivity index (χ3v) is 4.53. The molecule has 1 aromatic rings. The van der Waals surface area contributed by atoms with E-state index in [2.05, 4.69) is 42.0 Å². The summed E-state index contributed by atoms with van der Waals surface area (Å²) in [6.45, 7) is 6.29. The topological polar surface area (TPSA) is 29.1 Å². The highest BCUT2D eigenvalue weighted by atomic mass is 79.9. The Labute approximate surface area is 116 Å². The summed E-state index contributed by atoms with van der Waals surface area (Å²) in [5.74, 6) is 0.0714. The van der Waals surface area contributed by atoms with Crippen LogP contribution in [0.2, 0.25) is 0 Å². The second-order valence-electron chi connectivity index (χ2n) is 4.44. The number of carbonyl (C=O) groups excluding carboxylic acids is 1. The average Bonchev–Trinajstić information content (AvgIpc) is 2.77. The molecule has 0 radical (unpaired) electrons. The van der Waals surface area contributed by atoms with Gasteiger partial charge in [-0.3, -0.25) is 4.79 Å². The molecule has 2 nitrogen and oxygen atoms in total. The molecule has 1 rings (SSSR count). The highest BCUT2D eigenvalue weighted by molar-refractivity contribution is 9.09. The summed E-state index contributed by atoms with van der Waals surface area (Å²) in [4.78, 5) is 13.1. The number of alkyl halides is 1. The van der Waals surface area contributed by atoms with Gasteiger partial charge in [-0.2, -0.15) is 0 Å². The van der Waals surface area contributed by atoms with Crippen LogP contribution in [0, 0.1) is 0 Å². The molecule has 0 aliphatic heterocycles. The molecule has 1 amide bonds. The van der Waals surface area contributed by atoms with E-state index in [4.69, 9.17) is 0 Å². The number of nitrogens with one attached hydrogen (secondary N) is 1. The zero-order chi connectivity index (χ0) is 12.9. The number of rotatable bonds is 6. The fraction of sp³-hybridized carbons (Fsp3) is 0.615. The van der Waals surface area contributed by atoms with E-state index >= 15 is 0 Å². The van der Waals surface area contributed by atoms with Gasteiger partial charge in [0.1, 0.15) is 0 Å². The van der Waals surface area contributed by atoms with Crippen molar-refractivity contribution in [1.29, 1.82) is 0 Å². The molecule has 1 N–H and O–H groups in total. The van der Waals surface area contributed by atoms with E-state index in [0.29, 0.717) is 0 Å². The predicted molar refractivity (Wildman–Crippen MR) is 78.3 cm³/mol. The quantitative estimate of drug-likeness (QED) is 0.789. The van der Waals surface area contributed by atoms with Crippen molar-refractivity contribution in [3.63, 3.8) is 0 Å². The summed E-state index contributed by atoms with van der Waals surface area (Å²) in [5.41, 5.74) is 1.03. The number of hydrogen-bond acceptors (Lipinski definition) is 2. The first kappa shape index (κ1) is 14.7. The molecule has 1 unspecified atom stereocenters. The molecule has 1 atom stereocenters. The third kappa shape index (κ3) is 3.81. The van der Waals surface area contributed by atoms with E-state index in [1.165, 1.54) is 11.3 Å². The molecule has 96 valence electrons. The minimum atomic E-state index is -0.115. The molecule has 0 bridgehead atoms. The second-order valence-corrected chi connectivity index (χ2v) is 6.14. The van der Waals surface area contributed by atoms with Gasteiger partial charge in [-0.25, -0.2) is 0 Å². The predicted octanol–water partition coefficient (Wildman–Crippen LogP) is 3.99.